The van der Waals surface area contributed by atoms with E-state index in [2.05, 4.69) is 5.32 Å². The second kappa shape index (κ2) is 5.79. The molecule has 1 aliphatic rings. The number of benzene rings is 2. The molecule has 2 aromatic carbocycles. The van der Waals surface area contributed by atoms with Gasteiger partial charge in [-0.05, 0) is 36.8 Å². The van der Waals surface area contributed by atoms with Crippen LogP contribution in [0.1, 0.15) is 27.7 Å². The van der Waals surface area contributed by atoms with Crippen molar-refractivity contribution in [3.05, 3.63) is 52.8 Å². The average Bonchev–Trinajstić information content (AvgIpc) is 2.86. The van der Waals surface area contributed by atoms with E-state index in [1.807, 2.05) is 6.92 Å². The summed E-state index contributed by atoms with van der Waals surface area (Å²) in [5, 5.41) is 3.05. The highest BCUT2D eigenvalue weighted by Crippen LogP contribution is 2.42. The largest absolute Gasteiger partial charge is 0.493 e. The van der Waals surface area contributed by atoms with Gasteiger partial charge in [-0.3, -0.25) is 0 Å². The second-order valence-electron chi connectivity index (χ2n) is 5.15. The molecule has 3 rings (SSSR count). The molecule has 2 aromatic rings. The summed E-state index contributed by atoms with van der Waals surface area (Å²) in [6.07, 6.45) is -0.710. The van der Waals surface area contributed by atoms with E-state index in [4.69, 9.17) is 14.2 Å². The quantitative estimate of drug-likeness (QED) is 0.876. The maximum atomic E-state index is 13.4. The Morgan fingerprint density at radius 1 is 1.17 bits per heavy atom. The van der Waals surface area contributed by atoms with Gasteiger partial charge in [-0.1, -0.05) is 6.07 Å². The first-order chi connectivity index (χ1) is 11.0. The predicted octanol–water partition coefficient (Wildman–Crippen LogP) is 3.43. The van der Waals surface area contributed by atoms with Crippen LogP contribution in [0.25, 0.3) is 0 Å². The first-order valence-electron chi connectivity index (χ1n) is 7.03. The zero-order valence-electron chi connectivity index (χ0n) is 13.0. The number of hydrogen-bond acceptors (Lipinski definition) is 5. The summed E-state index contributed by atoms with van der Waals surface area (Å²) in [4.78, 5) is 12.2. The number of carbonyl (C=O) groups is 1. The van der Waals surface area contributed by atoms with Crippen molar-refractivity contribution in [3.63, 3.8) is 0 Å². The van der Waals surface area contributed by atoms with E-state index in [0.29, 0.717) is 28.3 Å². The van der Waals surface area contributed by atoms with Gasteiger partial charge in [0.1, 0.15) is 11.4 Å². The van der Waals surface area contributed by atoms with Crippen LogP contribution < -0.4 is 14.8 Å². The van der Waals surface area contributed by atoms with Crippen molar-refractivity contribution in [1.82, 2.24) is 0 Å². The molecule has 0 spiro atoms. The first-order valence-corrected chi connectivity index (χ1v) is 7.03. The molecule has 5 nitrogen and oxygen atoms in total. The standard InChI is InChI=1S/C17H16FNO4/c1-9-4-5-10(18)8-12(9)19-16-11-6-7-13(21-2)15(22-3)14(11)17(20)23-16/h4-8,16,19H,1-3H3/t16-/m0/s1. The Kier molecular flexibility index (Phi) is 3.82. The lowest BCUT2D eigenvalue weighted by atomic mass is 10.1. The van der Waals surface area contributed by atoms with Gasteiger partial charge in [-0.15, -0.1) is 0 Å². The number of halogens is 1. The molecular weight excluding hydrogens is 301 g/mol. The molecule has 120 valence electrons. The molecule has 0 fully saturated rings. The lowest BCUT2D eigenvalue weighted by Crippen LogP contribution is -2.11. The molecule has 1 atom stereocenters. The maximum absolute atomic E-state index is 13.4. The summed E-state index contributed by atoms with van der Waals surface area (Å²) < 4.78 is 29.3. The van der Waals surface area contributed by atoms with Gasteiger partial charge in [0.15, 0.2) is 11.5 Å². The zero-order valence-corrected chi connectivity index (χ0v) is 13.0. The topological polar surface area (TPSA) is 56.8 Å². The lowest BCUT2D eigenvalue weighted by Gasteiger charge is -2.16. The Hall–Kier alpha value is -2.76. The number of carbonyl (C=O) groups excluding carboxylic acids is 1. The number of fused-ring (bicyclic) bond motifs is 1. The summed E-state index contributed by atoms with van der Waals surface area (Å²) >= 11 is 0. The summed E-state index contributed by atoms with van der Waals surface area (Å²) in [5.74, 6) is -0.0988. The predicted molar refractivity (Wildman–Crippen MR) is 82.5 cm³/mol. The van der Waals surface area contributed by atoms with Crippen LogP contribution in [0.3, 0.4) is 0 Å². The number of anilines is 1. The van der Waals surface area contributed by atoms with E-state index >= 15 is 0 Å². The number of hydrogen-bond donors (Lipinski definition) is 1. The van der Waals surface area contributed by atoms with Gasteiger partial charge < -0.3 is 19.5 Å². The van der Waals surface area contributed by atoms with E-state index in [9.17, 15) is 9.18 Å². The normalized spacial score (nSPS) is 15.8. The van der Waals surface area contributed by atoms with Gasteiger partial charge in [-0.2, -0.15) is 0 Å². The Morgan fingerprint density at radius 3 is 2.65 bits per heavy atom. The smallest absolute Gasteiger partial charge is 0.344 e. The molecule has 0 amide bonds. The van der Waals surface area contributed by atoms with Gasteiger partial charge in [-0.25, -0.2) is 9.18 Å². The van der Waals surface area contributed by atoms with Crippen LogP contribution in [-0.2, 0) is 4.74 Å². The maximum Gasteiger partial charge on any atom is 0.344 e. The molecule has 1 heterocycles. The summed E-state index contributed by atoms with van der Waals surface area (Å²) in [7, 11) is 2.96. The molecule has 0 saturated carbocycles. The average molecular weight is 317 g/mol. The highest BCUT2D eigenvalue weighted by Gasteiger charge is 2.36. The number of ether oxygens (including phenoxy) is 3. The minimum absolute atomic E-state index is 0.318. The molecule has 0 unspecified atom stereocenters. The van der Waals surface area contributed by atoms with Crippen molar-refractivity contribution >= 4 is 11.7 Å². The summed E-state index contributed by atoms with van der Waals surface area (Å²) in [5.41, 5.74) is 2.34. The van der Waals surface area contributed by atoms with Crippen LogP contribution in [0.15, 0.2) is 30.3 Å². The molecule has 0 radical (unpaired) electrons. The van der Waals surface area contributed by atoms with Gasteiger partial charge in [0.25, 0.3) is 0 Å². The van der Waals surface area contributed by atoms with Crippen LogP contribution in [0.5, 0.6) is 11.5 Å². The third-order valence-electron chi connectivity index (χ3n) is 3.78. The summed E-state index contributed by atoms with van der Waals surface area (Å²) in [6, 6.07) is 7.83. The third-order valence-corrected chi connectivity index (χ3v) is 3.78. The van der Waals surface area contributed by atoms with Gasteiger partial charge in [0, 0.05) is 11.3 Å². The Labute approximate surface area is 133 Å². The number of rotatable bonds is 4. The fourth-order valence-corrected chi connectivity index (χ4v) is 2.60. The molecule has 0 aliphatic carbocycles. The van der Waals surface area contributed by atoms with Crippen LogP contribution >= 0.6 is 0 Å². The molecule has 1 aliphatic heterocycles. The fourth-order valence-electron chi connectivity index (χ4n) is 2.60. The number of cyclic esters (lactones) is 1. The minimum atomic E-state index is -0.710. The van der Waals surface area contributed by atoms with Gasteiger partial charge in [0.05, 0.1) is 14.2 Å². The number of methoxy groups -OCH3 is 2. The van der Waals surface area contributed by atoms with Crippen LogP contribution in [0.4, 0.5) is 10.1 Å². The number of nitrogens with one attached hydrogen (secondary N) is 1. The fraction of sp³-hybridized carbons (Fsp3) is 0.235. The molecule has 0 saturated heterocycles. The van der Waals surface area contributed by atoms with E-state index in [-0.39, 0.29) is 5.82 Å². The number of aryl methyl sites for hydroxylation is 1. The number of esters is 1. The van der Waals surface area contributed by atoms with E-state index < -0.39 is 12.2 Å². The minimum Gasteiger partial charge on any atom is -0.493 e. The van der Waals surface area contributed by atoms with Gasteiger partial charge in [0.2, 0.25) is 6.23 Å². The van der Waals surface area contributed by atoms with Crippen LogP contribution in [0, 0.1) is 12.7 Å². The molecular formula is C17H16FNO4. The highest BCUT2D eigenvalue weighted by atomic mass is 19.1. The van der Waals surface area contributed by atoms with Crippen molar-refractivity contribution in [2.45, 2.75) is 13.2 Å². The molecule has 23 heavy (non-hydrogen) atoms. The zero-order chi connectivity index (χ0) is 16.6. The van der Waals surface area contributed by atoms with Gasteiger partial charge >= 0.3 is 5.97 Å². The Bertz CT molecular complexity index is 775. The SMILES string of the molecule is COc1ccc2c(c1OC)C(=O)O[C@@H]2Nc1cc(F)ccc1C. The Balaban J connectivity index is 2.00. The monoisotopic (exact) mass is 317 g/mol. The van der Waals surface area contributed by atoms with Crippen molar-refractivity contribution in [3.8, 4) is 11.5 Å². The Morgan fingerprint density at radius 2 is 1.96 bits per heavy atom. The van der Waals surface area contributed by atoms with Crippen molar-refractivity contribution in [1.29, 1.82) is 0 Å². The molecule has 1 N–H and O–H groups in total. The molecule has 0 bridgehead atoms. The third kappa shape index (κ3) is 2.56. The van der Waals surface area contributed by atoms with E-state index in [1.165, 1.54) is 26.4 Å². The van der Waals surface area contributed by atoms with Crippen molar-refractivity contribution in [2.24, 2.45) is 0 Å². The summed E-state index contributed by atoms with van der Waals surface area (Å²) in [6.45, 7) is 1.84. The van der Waals surface area contributed by atoms with Crippen LogP contribution in [-0.4, -0.2) is 20.2 Å². The first kappa shape index (κ1) is 15.1. The van der Waals surface area contributed by atoms with Crippen molar-refractivity contribution < 1.29 is 23.4 Å². The van der Waals surface area contributed by atoms with Crippen molar-refractivity contribution in [2.75, 3.05) is 19.5 Å². The van der Waals surface area contributed by atoms with E-state index in [0.717, 1.165) is 5.56 Å². The van der Waals surface area contributed by atoms with E-state index in [1.54, 1.807) is 18.2 Å². The van der Waals surface area contributed by atoms with Crippen LogP contribution in [0.2, 0.25) is 0 Å². The second-order valence-corrected chi connectivity index (χ2v) is 5.15. The molecule has 0 aromatic heterocycles. The molecule has 6 heteroatoms. The lowest BCUT2D eigenvalue weighted by molar-refractivity contribution is 0.0435. The highest BCUT2D eigenvalue weighted by molar-refractivity contribution is 5.98.